The third-order valence-electron chi connectivity index (χ3n) is 1.63. The molecule has 0 aromatic carbocycles. The van der Waals surface area contributed by atoms with Gasteiger partial charge in [-0.25, -0.2) is 0 Å². The van der Waals surface area contributed by atoms with Crippen LogP contribution in [0.25, 0.3) is 5.95 Å². The molecule has 0 aliphatic carbocycles. The number of aromatic nitrogens is 6. The Morgan fingerprint density at radius 1 is 1.47 bits per heavy atom. The van der Waals surface area contributed by atoms with Gasteiger partial charge in [0, 0.05) is 0 Å². The summed E-state index contributed by atoms with van der Waals surface area (Å²) in [5.74, 6) is -0.575. The normalized spacial score (nSPS) is 10.4. The summed E-state index contributed by atoms with van der Waals surface area (Å²) in [6.45, 7) is 0. The number of hydrogen-bond donors (Lipinski definition) is 3. The number of nitrogens with two attached hydrogens (primary N) is 2. The molecule has 0 unspecified atom stereocenters. The van der Waals surface area contributed by atoms with E-state index in [9.17, 15) is 10.1 Å². The Balaban J connectivity index is 2.61. The van der Waals surface area contributed by atoms with Crippen molar-refractivity contribution in [2.75, 3.05) is 11.5 Å². The van der Waals surface area contributed by atoms with E-state index in [4.69, 9.17) is 11.5 Å². The summed E-state index contributed by atoms with van der Waals surface area (Å²) >= 11 is 0. The number of nitro groups is 1. The first kappa shape index (κ1) is 8.86. The van der Waals surface area contributed by atoms with Crippen molar-refractivity contribution in [2.45, 2.75) is 0 Å². The van der Waals surface area contributed by atoms with Crippen molar-refractivity contribution >= 4 is 17.3 Å². The Morgan fingerprint density at radius 3 is 2.67 bits per heavy atom. The number of H-pyrrole nitrogens is 1. The molecule has 11 nitrogen and oxygen atoms in total. The SMILES string of the molecule is Nc1nn(-c2nn[nH]n2)c(N)c1[N+](=O)[O-]. The summed E-state index contributed by atoms with van der Waals surface area (Å²) in [6, 6.07) is 0. The van der Waals surface area contributed by atoms with Crippen molar-refractivity contribution in [1.82, 2.24) is 30.4 Å². The third-order valence-corrected chi connectivity index (χ3v) is 1.63. The molecule has 0 atom stereocenters. The average molecular weight is 211 g/mol. The van der Waals surface area contributed by atoms with Gasteiger partial charge in [-0.3, -0.25) is 10.1 Å². The fourth-order valence-electron chi connectivity index (χ4n) is 1.03. The molecule has 78 valence electrons. The Hall–Kier alpha value is -2.72. The topological polar surface area (TPSA) is 167 Å². The Morgan fingerprint density at radius 2 is 2.20 bits per heavy atom. The number of nitrogens with one attached hydrogen (secondary N) is 1. The molecular formula is C4H5N9O2. The number of rotatable bonds is 2. The zero-order chi connectivity index (χ0) is 11.0. The average Bonchev–Trinajstić information content (AvgIpc) is 2.72. The van der Waals surface area contributed by atoms with Gasteiger partial charge in [0.05, 0.1) is 4.92 Å². The lowest BCUT2D eigenvalue weighted by atomic mass is 10.5. The molecule has 0 aliphatic rings. The van der Waals surface area contributed by atoms with Crippen LogP contribution in [-0.2, 0) is 0 Å². The van der Waals surface area contributed by atoms with Gasteiger partial charge in [0.25, 0.3) is 5.95 Å². The second-order valence-corrected chi connectivity index (χ2v) is 2.50. The van der Waals surface area contributed by atoms with Gasteiger partial charge in [-0.15, -0.1) is 10.2 Å². The highest BCUT2D eigenvalue weighted by Crippen LogP contribution is 2.28. The highest BCUT2D eigenvalue weighted by atomic mass is 16.6. The quantitative estimate of drug-likeness (QED) is 0.396. The van der Waals surface area contributed by atoms with Gasteiger partial charge in [0.2, 0.25) is 11.6 Å². The van der Waals surface area contributed by atoms with E-state index in [-0.39, 0.29) is 17.6 Å². The van der Waals surface area contributed by atoms with Gasteiger partial charge in [0.1, 0.15) is 0 Å². The van der Waals surface area contributed by atoms with Crippen molar-refractivity contribution in [3.63, 3.8) is 0 Å². The molecule has 2 aromatic rings. The lowest BCUT2D eigenvalue weighted by molar-refractivity contribution is -0.383. The van der Waals surface area contributed by atoms with Crippen LogP contribution in [-0.4, -0.2) is 35.3 Å². The molecule has 2 rings (SSSR count). The lowest BCUT2D eigenvalue weighted by Gasteiger charge is -1.93. The monoisotopic (exact) mass is 211 g/mol. The second-order valence-electron chi connectivity index (χ2n) is 2.50. The summed E-state index contributed by atoms with van der Waals surface area (Å²) < 4.78 is 0.928. The maximum Gasteiger partial charge on any atom is 0.354 e. The van der Waals surface area contributed by atoms with Crippen molar-refractivity contribution in [3.8, 4) is 5.95 Å². The standard InChI is InChI=1S/C4H5N9O2/c5-2-1(13(14)15)3(6)12(9-2)4-7-10-11-8-4/h6H2,(H2,5,9)(H,7,8,10,11). The molecule has 15 heavy (non-hydrogen) atoms. The first-order valence-corrected chi connectivity index (χ1v) is 3.63. The van der Waals surface area contributed by atoms with Crippen LogP contribution in [0.1, 0.15) is 0 Å². The first-order valence-electron chi connectivity index (χ1n) is 3.63. The Kier molecular flexibility index (Phi) is 1.71. The number of nitrogen functional groups attached to an aromatic ring is 2. The number of tetrazole rings is 1. The third kappa shape index (κ3) is 1.21. The van der Waals surface area contributed by atoms with Gasteiger partial charge in [0.15, 0.2) is 0 Å². The van der Waals surface area contributed by atoms with E-state index in [1.165, 1.54) is 0 Å². The largest absolute Gasteiger partial charge is 0.378 e. The molecular weight excluding hydrogens is 206 g/mol. The summed E-state index contributed by atoms with van der Waals surface area (Å²) in [4.78, 5) is 9.83. The minimum absolute atomic E-state index is 0.0210. The summed E-state index contributed by atoms with van der Waals surface area (Å²) in [7, 11) is 0. The highest BCUT2D eigenvalue weighted by molar-refractivity contribution is 5.68. The fourth-order valence-corrected chi connectivity index (χ4v) is 1.03. The molecule has 5 N–H and O–H groups in total. The minimum atomic E-state index is -0.728. The molecule has 0 saturated heterocycles. The smallest absolute Gasteiger partial charge is 0.354 e. The molecule has 2 heterocycles. The van der Waals surface area contributed by atoms with Crippen LogP contribution in [0.5, 0.6) is 0 Å². The van der Waals surface area contributed by atoms with Crippen molar-refractivity contribution in [2.24, 2.45) is 0 Å². The number of nitrogens with zero attached hydrogens (tertiary/aromatic N) is 6. The van der Waals surface area contributed by atoms with E-state index in [1.54, 1.807) is 0 Å². The predicted octanol–water partition coefficient (Wildman–Crippen LogP) is -1.54. The van der Waals surface area contributed by atoms with E-state index in [2.05, 4.69) is 25.7 Å². The number of hydrogen-bond acceptors (Lipinski definition) is 8. The van der Waals surface area contributed by atoms with E-state index in [0.29, 0.717) is 0 Å². The number of aromatic amines is 1. The van der Waals surface area contributed by atoms with Gasteiger partial charge < -0.3 is 11.5 Å². The Labute approximate surface area is 81.2 Å². The highest BCUT2D eigenvalue weighted by Gasteiger charge is 2.26. The van der Waals surface area contributed by atoms with Crippen molar-refractivity contribution in [3.05, 3.63) is 10.1 Å². The fraction of sp³-hybridized carbons (Fsp3) is 0. The first-order chi connectivity index (χ1) is 7.11. The zero-order valence-electron chi connectivity index (χ0n) is 7.15. The molecule has 0 aliphatic heterocycles. The minimum Gasteiger partial charge on any atom is -0.378 e. The van der Waals surface area contributed by atoms with Crippen LogP contribution in [0.2, 0.25) is 0 Å². The zero-order valence-corrected chi connectivity index (χ0v) is 7.15. The van der Waals surface area contributed by atoms with Gasteiger partial charge in [-0.1, -0.05) is 5.10 Å². The van der Waals surface area contributed by atoms with E-state index in [0.717, 1.165) is 4.68 Å². The van der Waals surface area contributed by atoms with Crippen LogP contribution < -0.4 is 11.5 Å². The molecule has 2 aromatic heterocycles. The lowest BCUT2D eigenvalue weighted by Crippen LogP contribution is -2.04. The second kappa shape index (κ2) is 2.90. The van der Waals surface area contributed by atoms with E-state index in [1.807, 2.05) is 0 Å². The van der Waals surface area contributed by atoms with E-state index >= 15 is 0 Å². The molecule has 0 spiro atoms. The van der Waals surface area contributed by atoms with Gasteiger partial charge >= 0.3 is 5.69 Å². The molecule has 0 radical (unpaired) electrons. The maximum atomic E-state index is 10.6. The molecule has 11 heteroatoms. The molecule has 0 saturated carbocycles. The summed E-state index contributed by atoms with van der Waals surface area (Å²) in [5.41, 5.74) is 10.3. The Bertz CT molecular complexity index is 498. The van der Waals surface area contributed by atoms with Crippen LogP contribution in [0.4, 0.5) is 17.3 Å². The van der Waals surface area contributed by atoms with Crippen molar-refractivity contribution < 1.29 is 4.92 Å². The summed E-state index contributed by atoms with van der Waals surface area (Å²) in [5, 5.41) is 26.7. The van der Waals surface area contributed by atoms with Crippen LogP contribution >= 0.6 is 0 Å². The van der Waals surface area contributed by atoms with Crippen molar-refractivity contribution in [1.29, 1.82) is 0 Å². The van der Waals surface area contributed by atoms with Crippen LogP contribution in [0.3, 0.4) is 0 Å². The maximum absolute atomic E-state index is 10.6. The van der Waals surface area contributed by atoms with Crippen LogP contribution in [0.15, 0.2) is 0 Å². The number of anilines is 2. The molecule has 0 bridgehead atoms. The molecule has 0 amide bonds. The summed E-state index contributed by atoms with van der Waals surface area (Å²) in [6.07, 6.45) is 0. The predicted molar refractivity (Wildman–Crippen MR) is 46.8 cm³/mol. The molecule has 0 fully saturated rings. The van der Waals surface area contributed by atoms with E-state index < -0.39 is 10.6 Å². The van der Waals surface area contributed by atoms with Gasteiger partial charge in [-0.2, -0.15) is 9.90 Å². The van der Waals surface area contributed by atoms with Gasteiger partial charge in [-0.05, 0) is 5.21 Å². The van der Waals surface area contributed by atoms with Crippen LogP contribution in [0, 0.1) is 10.1 Å².